The van der Waals surface area contributed by atoms with Gasteiger partial charge in [-0.2, -0.15) is 0 Å². The van der Waals surface area contributed by atoms with Crippen LogP contribution in [0.2, 0.25) is 0 Å². The third-order valence-electron chi connectivity index (χ3n) is 4.02. The summed E-state index contributed by atoms with van der Waals surface area (Å²) in [5.41, 5.74) is 1.23. The Kier molecular flexibility index (Phi) is 3.93. The topological polar surface area (TPSA) is 32.3 Å². The molecule has 0 aromatic heterocycles. The number of hydrogen-bond donors (Lipinski definition) is 1. The first kappa shape index (κ1) is 14.1. The van der Waals surface area contributed by atoms with Crippen molar-refractivity contribution >= 4 is 16.7 Å². The second kappa shape index (κ2) is 5.86. The maximum Gasteiger partial charge on any atom is 0.224 e. The average Bonchev–Trinajstić information content (AvgIpc) is 2.78. The molecule has 0 bridgehead atoms. The van der Waals surface area contributed by atoms with Crippen molar-refractivity contribution in [3.05, 3.63) is 48.0 Å². The van der Waals surface area contributed by atoms with Gasteiger partial charge in [-0.15, -0.1) is 0 Å². The molecule has 1 aliphatic rings. The zero-order chi connectivity index (χ0) is 14.8. The van der Waals surface area contributed by atoms with E-state index in [4.69, 9.17) is 0 Å². The van der Waals surface area contributed by atoms with Crippen molar-refractivity contribution in [2.24, 2.45) is 0 Å². The van der Waals surface area contributed by atoms with E-state index in [1.807, 2.05) is 4.90 Å². The van der Waals surface area contributed by atoms with Crippen LogP contribution in [0.25, 0.3) is 10.8 Å². The first-order valence-electron chi connectivity index (χ1n) is 7.64. The molecule has 1 saturated heterocycles. The van der Waals surface area contributed by atoms with Crippen LogP contribution in [0.5, 0.6) is 0 Å². The van der Waals surface area contributed by atoms with Crippen LogP contribution in [0.1, 0.15) is 25.8 Å². The molecule has 1 amide bonds. The van der Waals surface area contributed by atoms with Crippen LogP contribution in [-0.2, 0) is 11.3 Å². The minimum atomic E-state index is 0.251. The highest BCUT2D eigenvalue weighted by Gasteiger charge is 2.29. The zero-order valence-corrected chi connectivity index (χ0v) is 12.7. The smallest absolute Gasteiger partial charge is 0.224 e. The normalized spacial score (nSPS) is 18.9. The predicted octanol–water partition coefficient (Wildman–Crippen LogP) is 2.94. The van der Waals surface area contributed by atoms with Crippen LogP contribution < -0.4 is 5.32 Å². The molecule has 3 heteroatoms. The van der Waals surface area contributed by atoms with E-state index in [1.54, 1.807) is 0 Å². The van der Waals surface area contributed by atoms with Gasteiger partial charge in [-0.3, -0.25) is 4.79 Å². The Morgan fingerprint density at radius 3 is 2.76 bits per heavy atom. The fraction of sp³-hybridized carbons (Fsp3) is 0.389. The SMILES string of the molecule is CC(C)NC1CC(=O)N(Cc2cccc3ccccc23)C1. The van der Waals surface area contributed by atoms with E-state index < -0.39 is 0 Å². The summed E-state index contributed by atoms with van der Waals surface area (Å²) in [6, 6.07) is 15.4. The van der Waals surface area contributed by atoms with Gasteiger partial charge in [-0.25, -0.2) is 0 Å². The van der Waals surface area contributed by atoms with E-state index in [-0.39, 0.29) is 11.9 Å². The van der Waals surface area contributed by atoms with Gasteiger partial charge in [0.15, 0.2) is 0 Å². The third kappa shape index (κ3) is 3.08. The minimum absolute atomic E-state index is 0.251. The summed E-state index contributed by atoms with van der Waals surface area (Å²) in [7, 11) is 0. The van der Waals surface area contributed by atoms with Crippen LogP contribution in [0, 0.1) is 0 Å². The lowest BCUT2D eigenvalue weighted by Gasteiger charge is -2.19. The predicted molar refractivity (Wildman–Crippen MR) is 86.0 cm³/mol. The van der Waals surface area contributed by atoms with Crippen molar-refractivity contribution in [3.8, 4) is 0 Å². The number of fused-ring (bicyclic) bond motifs is 1. The van der Waals surface area contributed by atoms with Crippen molar-refractivity contribution in [1.82, 2.24) is 10.2 Å². The monoisotopic (exact) mass is 282 g/mol. The number of nitrogens with one attached hydrogen (secondary N) is 1. The number of nitrogens with zero attached hydrogens (tertiary/aromatic N) is 1. The quantitative estimate of drug-likeness (QED) is 0.935. The van der Waals surface area contributed by atoms with Gasteiger partial charge >= 0.3 is 0 Å². The molecule has 1 aliphatic heterocycles. The number of carbonyl (C=O) groups is 1. The van der Waals surface area contributed by atoms with E-state index in [0.29, 0.717) is 19.0 Å². The van der Waals surface area contributed by atoms with Gasteiger partial charge in [0.2, 0.25) is 5.91 Å². The Morgan fingerprint density at radius 2 is 1.95 bits per heavy atom. The molecule has 0 radical (unpaired) electrons. The van der Waals surface area contributed by atoms with Crippen LogP contribution in [0.4, 0.5) is 0 Å². The Balaban J connectivity index is 1.78. The maximum absolute atomic E-state index is 12.2. The number of rotatable bonds is 4. The Morgan fingerprint density at radius 1 is 1.19 bits per heavy atom. The average molecular weight is 282 g/mol. The maximum atomic E-state index is 12.2. The molecule has 3 nitrogen and oxygen atoms in total. The van der Waals surface area contributed by atoms with Gasteiger partial charge in [0.25, 0.3) is 0 Å². The molecule has 2 aromatic rings. The van der Waals surface area contributed by atoms with Gasteiger partial charge in [-0.1, -0.05) is 56.3 Å². The number of amides is 1. The van der Waals surface area contributed by atoms with Gasteiger partial charge in [-0.05, 0) is 16.3 Å². The molecule has 0 aliphatic carbocycles. The van der Waals surface area contributed by atoms with E-state index in [2.05, 4.69) is 61.6 Å². The van der Waals surface area contributed by atoms with E-state index >= 15 is 0 Å². The molecule has 1 fully saturated rings. The van der Waals surface area contributed by atoms with Crippen molar-refractivity contribution in [2.45, 2.75) is 38.9 Å². The van der Waals surface area contributed by atoms with Gasteiger partial charge in [0.1, 0.15) is 0 Å². The summed E-state index contributed by atoms with van der Waals surface area (Å²) in [5.74, 6) is 0.251. The molecule has 110 valence electrons. The van der Waals surface area contributed by atoms with Crippen LogP contribution in [0.15, 0.2) is 42.5 Å². The molecule has 2 aromatic carbocycles. The van der Waals surface area contributed by atoms with Crippen molar-refractivity contribution < 1.29 is 4.79 Å². The number of benzene rings is 2. The molecule has 1 N–H and O–H groups in total. The summed E-state index contributed by atoms with van der Waals surface area (Å²) < 4.78 is 0. The zero-order valence-electron chi connectivity index (χ0n) is 12.7. The molecule has 1 atom stereocenters. The summed E-state index contributed by atoms with van der Waals surface area (Å²) in [5, 5.41) is 5.94. The van der Waals surface area contributed by atoms with Crippen molar-refractivity contribution in [1.29, 1.82) is 0 Å². The molecular weight excluding hydrogens is 260 g/mol. The molecule has 1 unspecified atom stereocenters. The highest BCUT2D eigenvalue weighted by Crippen LogP contribution is 2.22. The standard InChI is InChI=1S/C18H22N2O/c1-13(2)19-16-10-18(21)20(12-16)11-15-8-5-7-14-6-3-4-9-17(14)15/h3-9,13,16,19H,10-12H2,1-2H3. The number of hydrogen-bond acceptors (Lipinski definition) is 2. The highest BCUT2D eigenvalue weighted by molar-refractivity contribution is 5.86. The molecule has 21 heavy (non-hydrogen) atoms. The fourth-order valence-electron chi connectivity index (χ4n) is 3.14. The third-order valence-corrected chi connectivity index (χ3v) is 4.02. The Hall–Kier alpha value is -1.87. The Bertz CT molecular complexity index is 645. The van der Waals surface area contributed by atoms with Gasteiger partial charge in [0, 0.05) is 31.6 Å². The fourth-order valence-corrected chi connectivity index (χ4v) is 3.14. The second-order valence-corrected chi connectivity index (χ2v) is 6.13. The van der Waals surface area contributed by atoms with Gasteiger partial charge < -0.3 is 10.2 Å². The first-order chi connectivity index (χ1) is 10.1. The summed E-state index contributed by atoms with van der Waals surface area (Å²) in [6.07, 6.45) is 0.614. The number of likely N-dealkylation sites (tertiary alicyclic amines) is 1. The van der Waals surface area contributed by atoms with Crippen LogP contribution >= 0.6 is 0 Å². The molecular formula is C18H22N2O. The highest BCUT2D eigenvalue weighted by atomic mass is 16.2. The lowest BCUT2D eigenvalue weighted by Crippen LogP contribution is -2.36. The van der Waals surface area contributed by atoms with E-state index in [9.17, 15) is 4.79 Å². The molecule has 3 rings (SSSR count). The van der Waals surface area contributed by atoms with Crippen molar-refractivity contribution in [2.75, 3.05) is 6.54 Å². The Labute approximate surface area is 125 Å². The lowest BCUT2D eigenvalue weighted by molar-refractivity contribution is -0.128. The van der Waals surface area contributed by atoms with E-state index in [0.717, 1.165) is 6.54 Å². The second-order valence-electron chi connectivity index (χ2n) is 6.13. The van der Waals surface area contributed by atoms with E-state index in [1.165, 1.54) is 16.3 Å². The largest absolute Gasteiger partial charge is 0.337 e. The summed E-state index contributed by atoms with van der Waals surface area (Å²) in [4.78, 5) is 14.2. The molecule has 1 heterocycles. The van der Waals surface area contributed by atoms with Crippen LogP contribution in [-0.4, -0.2) is 29.4 Å². The number of carbonyl (C=O) groups excluding carboxylic acids is 1. The molecule has 0 saturated carbocycles. The lowest BCUT2D eigenvalue weighted by atomic mass is 10.0. The van der Waals surface area contributed by atoms with Crippen LogP contribution in [0.3, 0.4) is 0 Å². The van der Waals surface area contributed by atoms with Crippen molar-refractivity contribution in [3.63, 3.8) is 0 Å². The minimum Gasteiger partial charge on any atom is -0.337 e. The van der Waals surface area contributed by atoms with Gasteiger partial charge in [0.05, 0.1) is 0 Å². The first-order valence-corrected chi connectivity index (χ1v) is 7.64. The summed E-state index contributed by atoms with van der Waals surface area (Å²) >= 11 is 0. The molecule has 0 spiro atoms. The summed E-state index contributed by atoms with van der Waals surface area (Å²) in [6.45, 7) is 5.76.